The van der Waals surface area contributed by atoms with E-state index in [2.05, 4.69) is 18.7 Å². The summed E-state index contributed by atoms with van der Waals surface area (Å²) in [6.07, 6.45) is 1.21. The number of piperazine rings is 1. The molecule has 26 heavy (non-hydrogen) atoms. The Morgan fingerprint density at radius 2 is 1.65 bits per heavy atom. The molecule has 2 aliphatic rings. The molecule has 2 atom stereocenters. The second-order valence-electron chi connectivity index (χ2n) is 8.18. The zero-order valence-corrected chi connectivity index (χ0v) is 16.3. The van der Waals surface area contributed by atoms with Crippen molar-refractivity contribution in [2.45, 2.75) is 27.2 Å². The first-order chi connectivity index (χ1) is 12.4. The molecule has 5 nitrogen and oxygen atoms in total. The quantitative estimate of drug-likeness (QED) is 0.833. The predicted molar refractivity (Wildman–Crippen MR) is 103 cm³/mol. The first-order valence-electron chi connectivity index (χ1n) is 9.78. The third-order valence-corrected chi connectivity index (χ3v) is 5.50. The monoisotopic (exact) mass is 357 g/mol. The molecule has 2 saturated heterocycles. The van der Waals surface area contributed by atoms with Gasteiger partial charge in [-0.1, -0.05) is 31.5 Å². The van der Waals surface area contributed by atoms with Crippen molar-refractivity contribution in [3.05, 3.63) is 35.4 Å². The first-order valence-corrected chi connectivity index (χ1v) is 9.78. The molecule has 0 bridgehead atoms. The Labute approximate surface area is 156 Å². The molecule has 0 radical (unpaired) electrons. The minimum Gasteiger partial charge on any atom is -0.341 e. The van der Waals surface area contributed by atoms with Crippen molar-refractivity contribution in [2.24, 2.45) is 11.8 Å². The first kappa shape index (κ1) is 18.9. The lowest BCUT2D eigenvalue weighted by Crippen LogP contribution is -2.53. The minimum atomic E-state index is 0.0957. The van der Waals surface area contributed by atoms with Gasteiger partial charge < -0.3 is 9.80 Å². The number of carbonyl (C=O) groups excluding carboxylic acids is 2. The molecule has 0 aliphatic carbocycles. The number of hydrogen-bond donors (Lipinski definition) is 0. The second-order valence-corrected chi connectivity index (χ2v) is 8.18. The van der Waals surface area contributed by atoms with Crippen LogP contribution in [0.1, 0.15) is 36.2 Å². The Hall–Kier alpha value is -1.88. The molecule has 2 amide bonds. The van der Waals surface area contributed by atoms with Crippen molar-refractivity contribution >= 4 is 11.8 Å². The maximum Gasteiger partial charge on any atom is 0.253 e. The molecule has 3 rings (SSSR count). The molecule has 1 aromatic rings. The molecule has 1 aromatic carbocycles. The summed E-state index contributed by atoms with van der Waals surface area (Å²) in [4.78, 5) is 31.4. The molecular weight excluding hydrogens is 326 g/mol. The van der Waals surface area contributed by atoms with Gasteiger partial charge in [-0.3, -0.25) is 14.5 Å². The van der Waals surface area contributed by atoms with E-state index in [1.807, 2.05) is 41.0 Å². The van der Waals surface area contributed by atoms with E-state index in [0.717, 1.165) is 37.3 Å². The van der Waals surface area contributed by atoms with Crippen LogP contribution in [-0.4, -0.2) is 72.3 Å². The number of hydrogen-bond acceptors (Lipinski definition) is 3. The standard InChI is InChI=1S/C21H31N3O2/c1-16-5-4-6-19(12-16)21(26)23-9-7-22(8-10-23)15-20(25)24-13-17(2)11-18(3)14-24/h4-6,12,17-18H,7-11,13-15H2,1-3H3. The fraction of sp³-hybridized carbons (Fsp3) is 0.619. The van der Waals surface area contributed by atoms with E-state index in [9.17, 15) is 9.59 Å². The summed E-state index contributed by atoms with van der Waals surface area (Å²) in [5.41, 5.74) is 1.86. The number of aryl methyl sites for hydroxylation is 1. The highest BCUT2D eigenvalue weighted by molar-refractivity contribution is 5.94. The van der Waals surface area contributed by atoms with Crippen LogP contribution >= 0.6 is 0 Å². The van der Waals surface area contributed by atoms with E-state index in [4.69, 9.17) is 0 Å². The third kappa shape index (κ3) is 4.64. The van der Waals surface area contributed by atoms with Gasteiger partial charge in [0.15, 0.2) is 0 Å². The Morgan fingerprint density at radius 3 is 2.27 bits per heavy atom. The average molecular weight is 357 g/mol. The van der Waals surface area contributed by atoms with E-state index in [1.165, 1.54) is 6.42 Å². The number of benzene rings is 1. The number of rotatable bonds is 3. The summed E-state index contributed by atoms with van der Waals surface area (Å²) >= 11 is 0. The van der Waals surface area contributed by atoms with Crippen LogP contribution in [-0.2, 0) is 4.79 Å². The van der Waals surface area contributed by atoms with E-state index >= 15 is 0 Å². The molecule has 2 fully saturated rings. The van der Waals surface area contributed by atoms with Gasteiger partial charge in [-0.2, -0.15) is 0 Å². The summed E-state index contributed by atoms with van der Waals surface area (Å²) < 4.78 is 0. The lowest BCUT2D eigenvalue weighted by atomic mass is 9.92. The number of nitrogens with zero attached hydrogens (tertiary/aromatic N) is 3. The van der Waals surface area contributed by atoms with Crippen molar-refractivity contribution in [3.63, 3.8) is 0 Å². The summed E-state index contributed by atoms with van der Waals surface area (Å²) in [5.74, 6) is 1.51. The number of likely N-dealkylation sites (tertiary alicyclic amines) is 1. The predicted octanol–water partition coefficient (Wildman–Crippen LogP) is 2.26. The van der Waals surface area contributed by atoms with E-state index in [-0.39, 0.29) is 11.8 Å². The van der Waals surface area contributed by atoms with Gasteiger partial charge in [-0.05, 0) is 37.3 Å². The minimum absolute atomic E-state index is 0.0957. The Bertz CT molecular complexity index is 642. The van der Waals surface area contributed by atoms with E-state index in [1.54, 1.807) is 0 Å². The lowest BCUT2D eigenvalue weighted by molar-refractivity contribution is -0.135. The van der Waals surface area contributed by atoms with Crippen molar-refractivity contribution in [2.75, 3.05) is 45.8 Å². The van der Waals surface area contributed by atoms with Crippen molar-refractivity contribution in [3.8, 4) is 0 Å². The highest BCUT2D eigenvalue weighted by Gasteiger charge is 2.28. The fourth-order valence-corrected chi connectivity index (χ4v) is 4.23. The Morgan fingerprint density at radius 1 is 1.00 bits per heavy atom. The summed E-state index contributed by atoms with van der Waals surface area (Å²) in [5, 5.41) is 0. The van der Waals surface area contributed by atoms with Gasteiger partial charge in [0.25, 0.3) is 5.91 Å². The molecule has 2 unspecified atom stereocenters. The number of carbonyl (C=O) groups is 2. The maximum absolute atomic E-state index is 12.6. The van der Waals surface area contributed by atoms with Crippen molar-refractivity contribution in [1.82, 2.24) is 14.7 Å². The molecule has 0 aromatic heterocycles. The summed E-state index contributed by atoms with van der Waals surface area (Å²) in [7, 11) is 0. The molecule has 142 valence electrons. The SMILES string of the molecule is Cc1cccc(C(=O)N2CCN(CC(=O)N3CC(C)CC(C)C3)CC2)c1. The van der Waals surface area contributed by atoms with Crippen molar-refractivity contribution in [1.29, 1.82) is 0 Å². The average Bonchev–Trinajstić information content (AvgIpc) is 2.61. The van der Waals surface area contributed by atoms with Gasteiger partial charge in [0.05, 0.1) is 6.54 Å². The highest BCUT2D eigenvalue weighted by Crippen LogP contribution is 2.21. The fourth-order valence-electron chi connectivity index (χ4n) is 4.23. The van der Waals surface area contributed by atoms with Gasteiger partial charge in [0, 0.05) is 44.8 Å². The highest BCUT2D eigenvalue weighted by atomic mass is 16.2. The van der Waals surface area contributed by atoms with Crippen LogP contribution in [0.4, 0.5) is 0 Å². The summed E-state index contributed by atoms with van der Waals surface area (Å²) in [6.45, 7) is 11.6. The largest absolute Gasteiger partial charge is 0.341 e. The zero-order chi connectivity index (χ0) is 18.7. The van der Waals surface area contributed by atoms with Crippen LogP contribution in [0.25, 0.3) is 0 Å². The Balaban J connectivity index is 1.49. The zero-order valence-electron chi connectivity index (χ0n) is 16.3. The van der Waals surface area contributed by atoms with Gasteiger partial charge in [0.1, 0.15) is 0 Å². The van der Waals surface area contributed by atoms with Crippen molar-refractivity contribution < 1.29 is 9.59 Å². The van der Waals surface area contributed by atoms with E-state index < -0.39 is 0 Å². The van der Waals surface area contributed by atoms with Gasteiger partial charge in [-0.15, -0.1) is 0 Å². The van der Waals surface area contributed by atoms with Crippen LogP contribution in [0, 0.1) is 18.8 Å². The maximum atomic E-state index is 12.6. The molecular formula is C21H31N3O2. The molecule has 2 heterocycles. The second kappa shape index (κ2) is 8.21. The molecule has 0 spiro atoms. The number of amides is 2. The summed E-state index contributed by atoms with van der Waals surface area (Å²) in [6, 6.07) is 7.75. The molecule has 2 aliphatic heterocycles. The third-order valence-electron chi connectivity index (χ3n) is 5.50. The smallest absolute Gasteiger partial charge is 0.253 e. The van der Waals surface area contributed by atoms with Crippen LogP contribution in [0.5, 0.6) is 0 Å². The van der Waals surface area contributed by atoms with Crippen LogP contribution in [0.3, 0.4) is 0 Å². The van der Waals surface area contributed by atoms with Gasteiger partial charge in [-0.25, -0.2) is 0 Å². The van der Waals surface area contributed by atoms with Crippen LogP contribution < -0.4 is 0 Å². The van der Waals surface area contributed by atoms with E-state index in [0.29, 0.717) is 31.5 Å². The number of piperidine rings is 1. The normalized spacial score (nSPS) is 24.6. The van der Waals surface area contributed by atoms with Gasteiger partial charge >= 0.3 is 0 Å². The molecule has 0 saturated carbocycles. The lowest BCUT2D eigenvalue weighted by Gasteiger charge is -2.38. The Kier molecular flexibility index (Phi) is 5.97. The topological polar surface area (TPSA) is 43.9 Å². The van der Waals surface area contributed by atoms with Crippen LogP contribution in [0.15, 0.2) is 24.3 Å². The molecule has 0 N–H and O–H groups in total. The molecule has 5 heteroatoms. The van der Waals surface area contributed by atoms with Crippen LogP contribution in [0.2, 0.25) is 0 Å². The van der Waals surface area contributed by atoms with Gasteiger partial charge in [0.2, 0.25) is 5.91 Å².